The monoisotopic (exact) mass is 466 g/mol. The third-order valence-electron chi connectivity index (χ3n) is 6.31. The molecule has 1 atom stereocenters. The fourth-order valence-electron chi connectivity index (χ4n) is 4.67. The van der Waals surface area contributed by atoms with Crippen molar-refractivity contribution in [2.45, 2.75) is 31.9 Å². The van der Waals surface area contributed by atoms with Gasteiger partial charge in [0, 0.05) is 18.7 Å². The molecule has 5 rings (SSSR count). The molecule has 8 nitrogen and oxygen atoms in total. The molecular formula is C25H27FN4O4. The van der Waals surface area contributed by atoms with Gasteiger partial charge in [0.15, 0.2) is 5.60 Å². The number of ether oxygens (including phenoxy) is 2. The lowest BCUT2D eigenvalue weighted by molar-refractivity contribution is -0.133. The van der Waals surface area contributed by atoms with Crippen LogP contribution in [0.15, 0.2) is 48.5 Å². The van der Waals surface area contributed by atoms with E-state index in [1.807, 2.05) is 28.8 Å². The Bertz CT molecular complexity index is 1210. The summed E-state index contributed by atoms with van der Waals surface area (Å²) in [6.07, 6.45) is 1.17. The van der Waals surface area contributed by atoms with Crippen molar-refractivity contribution in [3.8, 4) is 0 Å². The Balaban J connectivity index is 1.36. The number of rotatable bonds is 5. The summed E-state index contributed by atoms with van der Waals surface area (Å²) in [4.78, 5) is 34.0. The number of aromatic nitrogens is 2. The van der Waals surface area contributed by atoms with E-state index in [4.69, 9.17) is 14.5 Å². The minimum Gasteiger partial charge on any atom is -0.436 e. The maximum absolute atomic E-state index is 13.5. The molecule has 3 heterocycles. The van der Waals surface area contributed by atoms with Crippen LogP contribution in [0.4, 0.5) is 14.9 Å². The molecule has 2 fully saturated rings. The van der Waals surface area contributed by atoms with Gasteiger partial charge in [-0.15, -0.1) is 0 Å². The maximum atomic E-state index is 13.5. The van der Waals surface area contributed by atoms with Gasteiger partial charge >= 0.3 is 6.09 Å². The number of carbonyl (C=O) groups excluding carboxylic acids is 2. The standard InChI is InChI=1S/C25H27FN4O4/c1-2-5-22-27-20-6-3-4-7-21(20)29(22)14-23(31)28-12-13-33-17-25(15-28)16-30(24(32)34-25)19-10-8-18(26)9-11-19/h3-4,6-11H,2,5,12-17H2,1H3/t25-/m1/s1. The van der Waals surface area contributed by atoms with Crippen LogP contribution in [0.3, 0.4) is 0 Å². The van der Waals surface area contributed by atoms with Crippen molar-refractivity contribution < 1.29 is 23.5 Å². The van der Waals surface area contributed by atoms with Gasteiger partial charge in [0.25, 0.3) is 0 Å². The SMILES string of the molecule is CCCc1nc2ccccc2n1CC(=O)N1CCOC[C@@]2(C1)CN(c1ccc(F)cc1)C(=O)O2. The minimum atomic E-state index is -0.985. The summed E-state index contributed by atoms with van der Waals surface area (Å²) < 4.78 is 26.8. The highest BCUT2D eigenvalue weighted by atomic mass is 19.1. The predicted octanol–water partition coefficient (Wildman–Crippen LogP) is 3.38. The molecule has 0 radical (unpaired) electrons. The van der Waals surface area contributed by atoms with Gasteiger partial charge in [-0.25, -0.2) is 14.2 Å². The zero-order valence-corrected chi connectivity index (χ0v) is 19.1. The fourth-order valence-corrected chi connectivity index (χ4v) is 4.67. The predicted molar refractivity (Wildman–Crippen MR) is 124 cm³/mol. The highest BCUT2D eigenvalue weighted by molar-refractivity contribution is 5.90. The smallest absolute Gasteiger partial charge is 0.415 e. The van der Waals surface area contributed by atoms with Crippen LogP contribution in [0.25, 0.3) is 11.0 Å². The summed E-state index contributed by atoms with van der Waals surface area (Å²) in [7, 11) is 0. The molecule has 2 amide bonds. The highest BCUT2D eigenvalue weighted by Gasteiger charge is 2.49. The molecule has 0 bridgehead atoms. The molecule has 3 aromatic rings. The van der Waals surface area contributed by atoms with Gasteiger partial charge < -0.3 is 18.9 Å². The molecule has 2 saturated heterocycles. The Kier molecular flexibility index (Phi) is 5.95. The second kappa shape index (κ2) is 9.06. The Hall–Kier alpha value is -3.46. The fraction of sp³-hybridized carbons (Fsp3) is 0.400. The Morgan fingerprint density at radius 3 is 2.74 bits per heavy atom. The van der Waals surface area contributed by atoms with Gasteiger partial charge in [0.05, 0.1) is 37.3 Å². The first-order valence-electron chi connectivity index (χ1n) is 11.5. The van der Waals surface area contributed by atoms with Crippen LogP contribution in [-0.2, 0) is 27.2 Å². The first kappa shape index (κ1) is 22.3. The lowest BCUT2D eigenvalue weighted by Crippen LogP contribution is -2.50. The van der Waals surface area contributed by atoms with Gasteiger partial charge in [-0.1, -0.05) is 19.1 Å². The van der Waals surface area contributed by atoms with Crippen LogP contribution in [0.1, 0.15) is 19.2 Å². The molecule has 9 heteroatoms. The van der Waals surface area contributed by atoms with Crippen molar-refractivity contribution in [1.29, 1.82) is 0 Å². The number of imidazole rings is 1. The lowest BCUT2D eigenvalue weighted by atomic mass is 10.0. The van der Waals surface area contributed by atoms with Crippen LogP contribution in [0, 0.1) is 5.82 Å². The average Bonchev–Trinajstić information content (AvgIpc) is 3.24. The van der Waals surface area contributed by atoms with Crippen LogP contribution < -0.4 is 4.90 Å². The van der Waals surface area contributed by atoms with E-state index in [2.05, 4.69) is 6.92 Å². The van der Waals surface area contributed by atoms with Crippen LogP contribution >= 0.6 is 0 Å². The zero-order chi connectivity index (χ0) is 23.7. The number of nitrogens with zero attached hydrogens (tertiary/aromatic N) is 4. The molecule has 1 aromatic heterocycles. The molecule has 34 heavy (non-hydrogen) atoms. The van der Waals surface area contributed by atoms with Crippen molar-refractivity contribution in [3.63, 3.8) is 0 Å². The van der Waals surface area contributed by atoms with E-state index in [9.17, 15) is 14.0 Å². The first-order chi connectivity index (χ1) is 16.5. The molecule has 0 saturated carbocycles. The lowest BCUT2D eigenvalue weighted by Gasteiger charge is -2.30. The first-order valence-corrected chi connectivity index (χ1v) is 11.5. The van der Waals surface area contributed by atoms with Gasteiger partial charge in [0.2, 0.25) is 5.91 Å². The number of benzene rings is 2. The highest BCUT2D eigenvalue weighted by Crippen LogP contribution is 2.31. The molecule has 2 aliphatic heterocycles. The maximum Gasteiger partial charge on any atom is 0.415 e. The number of hydrogen-bond donors (Lipinski definition) is 0. The summed E-state index contributed by atoms with van der Waals surface area (Å²) in [5.74, 6) is 0.421. The number of hydrogen-bond acceptors (Lipinski definition) is 5. The summed E-state index contributed by atoms with van der Waals surface area (Å²) in [5, 5.41) is 0. The third kappa shape index (κ3) is 4.23. The van der Waals surface area contributed by atoms with Crippen molar-refractivity contribution in [1.82, 2.24) is 14.5 Å². The Morgan fingerprint density at radius 1 is 1.15 bits per heavy atom. The van der Waals surface area contributed by atoms with Crippen LogP contribution in [0.5, 0.6) is 0 Å². The summed E-state index contributed by atoms with van der Waals surface area (Å²) in [6, 6.07) is 13.5. The zero-order valence-electron chi connectivity index (χ0n) is 19.1. The number of carbonyl (C=O) groups is 2. The van der Waals surface area contributed by atoms with E-state index >= 15 is 0 Å². The van der Waals surface area contributed by atoms with Gasteiger partial charge in [-0.2, -0.15) is 0 Å². The van der Waals surface area contributed by atoms with Crippen LogP contribution in [0.2, 0.25) is 0 Å². The normalized spacial score (nSPS) is 20.7. The van der Waals surface area contributed by atoms with E-state index in [1.54, 1.807) is 4.90 Å². The number of anilines is 1. The summed E-state index contributed by atoms with van der Waals surface area (Å²) in [5.41, 5.74) is 1.35. The van der Waals surface area contributed by atoms with Gasteiger partial charge in [0.1, 0.15) is 18.2 Å². The molecule has 2 aliphatic rings. The number of aryl methyl sites for hydroxylation is 1. The molecule has 2 aromatic carbocycles. The van der Waals surface area contributed by atoms with Crippen LogP contribution in [-0.4, -0.2) is 64.9 Å². The number of amides is 2. The number of halogens is 1. The molecule has 0 N–H and O–H groups in total. The van der Waals surface area contributed by atoms with E-state index in [1.165, 1.54) is 29.2 Å². The molecular weight excluding hydrogens is 439 g/mol. The molecule has 1 spiro atoms. The molecule has 178 valence electrons. The van der Waals surface area contributed by atoms with E-state index < -0.39 is 11.7 Å². The van der Waals surface area contributed by atoms with E-state index in [0.29, 0.717) is 18.8 Å². The quantitative estimate of drug-likeness (QED) is 0.576. The molecule has 0 aliphatic carbocycles. The van der Waals surface area contributed by atoms with Gasteiger partial charge in [-0.3, -0.25) is 9.69 Å². The third-order valence-corrected chi connectivity index (χ3v) is 6.31. The minimum absolute atomic E-state index is 0.0818. The second-order valence-electron chi connectivity index (χ2n) is 8.83. The average molecular weight is 467 g/mol. The summed E-state index contributed by atoms with van der Waals surface area (Å²) >= 11 is 0. The Labute approximate surface area is 196 Å². The van der Waals surface area contributed by atoms with Crippen molar-refractivity contribution in [3.05, 3.63) is 60.2 Å². The van der Waals surface area contributed by atoms with E-state index in [0.717, 1.165) is 29.7 Å². The van der Waals surface area contributed by atoms with Gasteiger partial charge in [-0.05, 0) is 42.8 Å². The van der Waals surface area contributed by atoms with Crippen molar-refractivity contribution >= 4 is 28.7 Å². The summed E-state index contributed by atoms with van der Waals surface area (Å²) in [6.45, 7) is 3.64. The number of fused-ring (bicyclic) bond motifs is 1. The Morgan fingerprint density at radius 2 is 1.94 bits per heavy atom. The van der Waals surface area contributed by atoms with E-state index in [-0.39, 0.29) is 38.0 Å². The number of para-hydroxylation sites is 2. The molecule has 0 unspecified atom stereocenters. The van der Waals surface area contributed by atoms with Crippen molar-refractivity contribution in [2.75, 3.05) is 37.7 Å². The second-order valence-corrected chi connectivity index (χ2v) is 8.83. The topological polar surface area (TPSA) is 76.9 Å². The largest absolute Gasteiger partial charge is 0.436 e. The van der Waals surface area contributed by atoms with Crippen molar-refractivity contribution in [2.24, 2.45) is 0 Å².